The van der Waals surface area contributed by atoms with E-state index < -0.39 is 21.8 Å². The van der Waals surface area contributed by atoms with E-state index in [2.05, 4.69) is 9.46 Å². The Labute approximate surface area is 125 Å². The second-order valence-corrected chi connectivity index (χ2v) is 6.74. The van der Waals surface area contributed by atoms with Crippen LogP contribution < -0.4 is 4.72 Å². The molecule has 0 fully saturated rings. The molecule has 0 amide bonds. The second-order valence-electron chi connectivity index (χ2n) is 4.17. The number of methoxy groups -OCH3 is 1. The summed E-state index contributed by atoms with van der Waals surface area (Å²) >= 11 is 0.959. The van der Waals surface area contributed by atoms with Gasteiger partial charge in [-0.25, -0.2) is 17.6 Å². The molecule has 0 aliphatic carbocycles. The van der Waals surface area contributed by atoms with Crippen molar-refractivity contribution in [3.8, 4) is 0 Å². The molecule has 112 valence electrons. The average Bonchev–Trinajstić information content (AvgIpc) is 2.92. The first kappa shape index (κ1) is 15.5. The van der Waals surface area contributed by atoms with Crippen molar-refractivity contribution in [3.05, 3.63) is 45.9 Å². The smallest absolute Gasteiger partial charge is 0.349 e. The Morgan fingerprint density at radius 2 is 2.05 bits per heavy atom. The zero-order valence-electron chi connectivity index (χ0n) is 11.2. The molecule has 0 saturated heterocycles. The Balaban J connectivity index is 2.42. The molecule has 0 unspecified atom stereocenters. The standard InChI is InChI=1S/C13H12FNO4S2/c1-8-3-4-9(14)7-10(8)15-21(17,18)11-5-6-20-12(11)13(16)19-2/h3-7,15H,1-2H3. The zero-order chi connectivity index (χ0) is 15.6. The predicted molar refractivity (Wildman–Crippen MR) is 77.6 cm³/mol. The van der Waals surface area contributed by atoms with Gasteiger partial charge >= 0.3 is 5.97 Å². The van der Waals surface area contributed by atoms with Gasteiger partial charge in [-0.05, 0) is 36.1 Å². The summed E-state index contributed by atoms with van der Waals surface area (Å²) in [5, 5.41) is 1.47. The number of nitrogens with one attached hydrogen (secondary N) is 1. The van der Waals surface area contributed by atoms with Gasteiger partial charge in [0.2, 0.25) is 0 Å². The van der Waals surface area contributed by atoms with Crippen molar-refractivity contribution in [3.63, 3.8) is 0 Å². The Morgan fingerprint density at radius 3 is 2.71 bits per heavy atom. The van der Waals surface area contributed by atoms with Crippen LogP contribution >= 0.6 is 11.3 Å². The number of carbonyl (C=O) groups is 1. The van der Waals surface area contributed by atoms with Crippen molar-refractivity contribution in [2.45, 2.75) is 11.8 Å². The quantitative estimate of drug-likeness (QED) is 0.876. The van der Waals surface area contributed by atoms with Crippen molar-refractivity contribution >= 4 is 33.0 Å². The molecule has 5 nitrogen and oxygen atoms in total. The van der Waals surface area contributed by atoms with Crippen LogP contribution in [0.3, 0.4) is 0 Å². The van der Waals surface area contributed by atoms with E-state index in [4.69, 9.17) is 0 Å². The van der Waals surface area contributed by atoms with Gasteiger partial charge in [-0.15, -0.1) is 11.3 Å². The van der Waals surface area contributed by atoms with Gasteiger partial charge in [-0.1, -0.05) is 6.07 Å². The van der Waals surface area contributed by atoms with E-state index in [1.54, 1.807) is 6.92 Å². The summed E-state index contributed by atoms with van der Waals surface area (Å²) < 4.78 is 44.7. The summed E-state index contributed by atoms with van der Waals surface area (Å²) in [6, 6.07) is 5.07. The highest BCUT2D eigenvalue weighted by atomic mass is 32.2. The molecule has 21 heavy (non-hydrogen) atoms. The Hall–Kier alpha value is -1.93. The lowest BCUT2D eigenvalue weighted by Gasteiger charge is -2.10. The number of hydrogen-bond acceptors (Lipinski definition) is 5. The molecule has 1 N–H and O–H groups in total. The number of thiophene rings is 1. The molecule has 1 aromatic heterocycles. The van der Waals surface area contributed by atoms with Crippen LogP contribution in [-0.2, 0) is 14.8 Å². The van der Waals surface area contributed by atoms with Crippen LogP contribution in [0, 0.1) is 12.7 Å². The number of anilines is 1. The molecule has 0 bridgehead atoms. The first-order chi connectivity index (χ1) is 9.85. The van der Waals surface area contributed by atoms with Crippen molar-refractivity contribution < 1.29 is 22.3 Å². The predicted octanol–water partition coefficient (Wildman–Crippen LogP) is 2.78. The summed E-state index contributed by atoms with van der Waals surface area (Å²) in [5.41, 5.74) is 0.687. The fraction of sp³-hybridized carbons (Fsp3) is 0.154. The van der Waals surface area contributed by atoms with E-state index >= 15 is 0 Å². The van der Waals surface area contributed by atoms with Gasteiger partial charge in [0.05, 0.1) is 12.8 Å². The van der Waals surface area contributed by atoms with Crippen LogP contribution in [0.2, 0.25) is 0 Å². The van der Waals surface area contributed by atoms with E-state index in [-0.39, 0.29) is 15.5 Å². The van der Waals surface area contributed by atoms with Crippen molar-refractivity contribution in [2.75, 3.05) is 11.8 Å². The maximum atomic E-state index is 13.2. The number of aryl methyl sites for hydroxylation is 1. The van der Waals surface area contributed by atoms with Crippen LogP contribution in [0.15, 0.2) is 34.5 Å². The molecule has 0 aliphatic rings. The van der Waals surface area contributed by atoms with E-state index in [1.165, 1.54) is 30.7 Å². The minimum absolute atomic E-state index is 0.0287. The van der Waals surface area contributed by atoms with Crippen LogP contribution in [0.1, 0.15) is 15.2 Å². The van der Waals surface area contributed by atoms with Crippen LogP contribution in [-0.4, -0.2) is 21.5 Å². The first-order valence-electron chi connectivity index (χ1n) is 5.80. The minimum Gasteiger partial charge on any atom is -0.465 e. The zero-order valence-corrected chi connectivity index (χ0v) is 12.8. The molecular weight excluding hydrogens is 317 g/mol. The van der Waals surface area contributed by atoms with E-state index in [1.807, 2.05) is 0 Å². The highest BCUT2D eigenvalue weighted by Crippen LogP contribution is 2.26. The van der Waals surface area contributed by atoms with Crippen LogP contribution in [0.25, 0.3) is 0 Å². The molecular formula is C13H12FNO4S2. The van der Waals surface area contributed by atoms with Crippen molar-refractivity contribution in [1.29, 1.82) is 0 Å². The average molecular weight is 329 g/mol. The molecule has 2 aromatic rings. The second kappa shape index (κ2) is 5.82. The van der Waals surface area contributed by atoms with Gasteiger partial charge in [-0.2, -0.15) is 0 Å². The molecule has 0 saturated carbocycles. The van der Waals surface area contributed by atoms with Crippen molar-refractivity contribution in [2.24, 2.45) is 0 Å². The number of hydrogen-bond donors (Lipinski definition) is 1. The first-order valence-corrected chi connectivity index (χ1v) is 8.16. The maximum absolute atomic E-state index is 13.2. The van der Waals surface area contributed by atoms with E-state index in [0.29, 0.717) is 5.56 Å². The number of rotatable bonds is 4. The maximum Gasteiger partial charge on any atom is 0.349 e. The highest BCUT2D eigenvalue weighted by molar-refractivity contribution is 7.93. The summed E-state index contributed by atoms with van der Waals surface area (Å²) in [7, 11) is -2.83. The lowest BCUT2D eigenvalue weighted by Crippen LogP contribution is -2.16. The molecule has 0 radical (unpaired) electrons. The molecule has 1 aromatic carbocycles. The van der Waals surface area contributed by atoms with Gasteiger partial charge in [0.1, 0.15) is 15.6 Å². The SMILES string of the molecule is COC(=O)c1sccc1S(=O)(=O)Nc1cc(F)ccc1C. The fourth-order valence-corrected chi connectivity index (χ4v) is 4.11. The molecule has 0 aliphatic heterocycles. The summed E-state index contributed by atoms with van der Waals surface area (Å²) in [4.78, 5) is 11.3. The lowest BCUT2D eigenvalue weighted by atomic mass is 10.2. The summed E-state index contributed by atoms with van der Waals surface area (Å²) in [6.07, 6.45) is 0. The monoisotopic (exact) mass is 329 g/mol. The van der Waals surface area contributed by atoms with Crippen LogP contribution in [0.4, 0.5) is 10.1 Å². The normalized spacial score (nSPS) is 11.2. The molecule has 1 heterocycles. The van der Waals surface area contributed by atoms with Gasteiger partial charge in [0, 0.05) is 0 Å². The highest BCUT2D eigenvalue weighted by Gasteiger charge is 2.25. The number of benzene rings is 1. The largest absolute Gasteiger partial charge is 0.465 e. The van der Waals surface area contributed by atoms with Crippen molar-refractivity contribution in [1.82, 2.24) is 0 Å². The van der Waals surface area contributed by atoms with Gasteiger partial charge in [-0.3, -0.25) is 4.72 Å². The fourth-order valence-electron chi connectivity index (χ4n) is 1.65. The van der Waals surface area contributed by atoms with Gasteiger partial charge < -0.3 is 4.74 Å². The molecule has 8 heteroatoms. The Bertz CT molecular complexity index is 783. The molecule has 2 rings (SSSR count). The third-order valence-corrected chi connectivity index (χ3v) is 5.16. The number of esters is 1. The number of halogens is 1. The molecule has 0 atom stereocenters. The minimum atomic E-state index is -4.00. The van der Waals surface area contributed by atoms with E-state index in [0.717, 1.165) is 17.4 Å². The lowest BCUT2D eigenvalue weighted by molar-refractivity contribution is 0.0602. The van der Waals surface area contributed by atoms with Crippen LogP contribution in [0.5, 0.6) is 0 Å². The van der Waals surface area contributed by atoms with Gasteiger partial charge in [0.25, 0.3) is 10.0 Å². The number of sulfonamides is 1. The van der Waals surface area contributed by atoms with E-state index in [9.17, 15) is 17.6 Å². The number of ether oxygens (including phenoxy) is 1. The Morgan fingerprint density at radius 1 is 1.33 bits per heavy atom. The van der Waals surface area contributed by atoms with Gasteiger partial charge in [0.15, 0.2) is 0 Å². The summed E-state index contributed by atoms with van der Waals surface area (Å²) in [6.45, 7) is 1.64. The molecule has 0 spiro atoms. The third-order valence-electron chi connectivity index (χ3n) is 2.73. The Kier molecular flexibility index (Phi) is 4.29. The number of carbonyl (C=O) groups excluding carboxylic acids is 1. The summed E-state index contributed by atoms with van der Waals surface area (Å²) in [5.74, 6) is -1.29. The third kappa shape index (κ3) is 3.22. The topological polar surface area (TPSA) is 72.5 Å².